The van der Waals surface area contributed by atoms with Crippen LogP contribution >= 0.6 is 0 Å². The molecule has 0 aliphatic heterocycles. The Morgan fingerprint density at radius 2 is 1.57 bits per heavy atom. The van der Waals surface area contributed by atoms with Gasteiger partial charge in [-0.05, 0) is 41.0 Å². The van der Waals surface area contributed by atoms with Crippen LogP contribution in [0.25, 0.3) is 11.1 Å². The van der Waals surface area contributed by atoms with E-state index in [0.717, 1.165) is 47.9 Å². The zero-order valence-corrected chi connectivity index (χ0v) is 20.0. The molecule has 0 aromatic heterocycles. The van der Waals surface area contributed by atoms with E-state index in [1.54, 1.807) is 0 Å². The van der Waals surface area contributed by atoms with Gasteiger partial charge in [0.05, 0.1) is 0 Å². The van der Waals surface area contributed by atoms with Crippen LogP contribution in [0.15, 0.2) is 48.5 Å². The maximum absolute atomic E-state index is 12.9. The first-order chi connectivity index (χ1) is 17.0. The zero-order valence-electron chi connectivity index (χ0n) is 20.0. The van der Waals surface area contributed by atoms with Gasteiger partial charge in [0.15, 0.2) is 0 Å². The van der Waals surface area contributed by atoms with Crippen LogP contribution in [0.2, 0.25) is 0 Å². The van der Waals surface area contributed by atoms with Crippen molar-refractivity contribution in [1.82, 2.24) is 10.6 Å². The van der Waals surface area contributed by atoms with Crippen LogP contribution in [0.4, 0.5) is 4.79 Å². The monoisotopic (exact) mass is 478 g/mol. The third-order valence-electron chi connectivity index (χ3n) is 7.11. The zero-order chi connectivity index (χ0) is 24.6. The molecule has 0 saturated heterocycles. The van der Waals surface area contributed by atoms with Crippen LogP contribution in [0.5, 0.6) is 0 Å². The van der Waals surface area contributed by atoms with E-state index in [1.807, 2.05) is 24.3 Å². The standard InChI is InChI=1S/C28H34N2O5/c31-26(32)15-8-16-29-27(33)25(17-19-9-2-1-3-10-19)30-28(34)35-18-24-22-13-6-4-11-20(22)21-12-5-7-14-23(21)24/h4-7,11-14,19,24-25H,1-3,8-10,15-18H2,(H,29,33)(H,30,34)(H,31,32). The first-order valence-electron chi connectivity index (χ1n) is 12.6. The first-order valence-corrected chi connectivity index (χ1v) is 12.6. The van der Waals surface area contributed by atoms with Crippen LogP contribution in [0.3, 0.4) is 0 Å². The minimum atomic E-state index is -0.894. The number of aliphatic carboxylic acids is 1. The molecule has 2 aromatic carbocycles. The fourth-order valence-electron chi connectivity index (χ4n) is 5.34. The van der Waals surface area contributed by atoms with E-state index in [2.05, 4.69) is 34.9 Å². The number of ether oxygens (including phenoxy) is 1. The second kappa shape index (κ2) is 11.9. The Bertz CT molecular complexity index is 1000. The number of nitrogens with one attached hydrogen (secondary N) is 2. The summed E-state index contributed by atoms with van der Waals surface area (Å²) in [4.78, 5) is 36.4. The summed E-state index contributed by atoms with van der Waals surface area (Å²) >= 11 is 0. The number of carboxylic acid groups (broad SMARTS) is 1. The normalized spacial score (nSPS) is 16.1. The molecule has 0 spiro atoms. The van der Waals surface area contributed by atoms with Crippen LogP contribution < -0.4 is 10.6 Å². The van der Waals surface area contributed by atoms with Gasteiger partial charge in [-0.3, -0.25) is 9.59 Å². The highest BCUT2D eigenvalue weighted by molar-refractivity contribution is 5.85. The molecule has 3 N–H and O–H groups in total. The molecular weight excluding hydrogens is 444 g/mol. The number of amides is 2. The summed E-state index contributed by atoms with van der Waals surface area (Å²) in [6, 6.07) is 15.6. The molecule has 1 fully saturated rings. The fourth-order valence-corrected chi connectivity index (χ4v) is 5.34. The molecule has 2 amide bonds. The average molecular weight is 479 g/mol. The largest absolute Gasteiger partial charge is 0.481 e. The first kappa shape index (κ1) is 24.8. The minimum Gasteiger partial charge on any atom is -0.481 e. The summed E-state index contributed by atoms with van der Waals surface area (Å²) in [5.74, 6) is -0.841. The summed E-state index contributed by atoms with van der Waals surface area (Å²) in [7, 11) is 0. The van der Waals surface area contributed by atoms with Gasteiger partial charge >= 0.3 is 12.1 Å². The smallest absolute Gasteiger partial charge is 0.407 e. The van der Waals surface area contributed by atoms with E-state index < -0.39 is 18.1 Å². The van der Waals surface area contributed by atoms with Gasteiger partial charge in [-0.1, -0.05) is 80.6 Å². The summed E-state index contributed by atoms with van der Waals surface area (Å²) in [6.45, 7) is 0.453. The van der Waals surface area contributed by atoms with Gasteiger partial charge in [0.2, 0.25) is 5.91 Å². The topological polar surface area (TPSA) is 105 Å². The van der Waals surface area contributed by atoms with Crippen molar-refractivity contribution in [2.45, 2.75) is 63.3 Å². The highest BCUT2D eigenvalue weighted by Gasteiger charge is 2.30. The van der Waals surface area contributed by atoms with Crippen molar-refractivity contribution in [3.8, 4) is 11.1 Å². The number of alkyl carbamates (subject to hydrolysis) is 1. The van der Waals surface area contributed by atoms with Crippen molar-refractivity contribution >= 4 is 18.0 Å². The van der Waals surface area contributed by atoms with Gasteiger partial charge in [0.1, 0.15) is 12.6 Å². The minimum absolute atomic E-state index is 0.00657. The summed E-state index contributed by atoms with van der Waals surface area (Å²) in [5, 5.41) is 14.4. The molecule has 2 aliphatic carbocycles. The van der Waals surface area contributed by atoms with E-state index >= 15 is 0 Å². The molecule has 1 saturated carbocycles. The third-order valence-corrected chi connectivity index (χ3v) is 7.11. The summed E-state index contributed by atoms with van der Waals surface area (Å²) < 4.78 is 5.66. The lowest BCUT2D eigenvalue weighted by Gasteiger charge is -2.26. The Morgan fingerprint density at radius 3 is 2.20 bits per heavy atom. The van der Waals surface area contributed by atoms with Gasteiger partial charge < -0.3 is 20.5 Å². The van der Waals surface area contributed by atoms with Crippen LogP contribution in [-0.4, -0.2) is 42.3 Å². The van der Waals surface area contributed by atoms with Crippen LogP contribution in [-0.2, 0) is 14.3 Å². The van der Waals surface area contributed by atoms with E-state index in [0.29, 0.717) is 18.8 Å². The number of hydrogen-bond donors (Lipinski definition) is 3. The molecule has 2 aliphatic rings. The molecule has 7 nitrogen and oxygen atoms in total. The molecule has 4 rings (SSSR count). The van der Waals surface area contributed by atoms with Gasteiger partial charge in [-0.2, -0.15) is 0 Å². The van der Waals surface area contributed by atoms with Crippen LogP contribution in [0, 0.1) is 5.92 Å². The molecular formula is C28H34N2O5. The van der Waals surface area contributed by atoms with Crippen molar-refractivity contribution in [1.29, 1.82) is 0 Å². The van der Waals surface area contributed by atoms with Gasteiger partial charge in [-0.25, -0.2) is 4.79 Å². The predicted octanol–water partition coefficient (Wildman–Crippen LogP) is 4.85. The highest BCUT2D eigenvalue weighted by Crippen LogP contribution is 2.44. The number of carbonyl (C=O) groups excluding carboxylic acids is 2. The Balaban J connectivity index is 1.37. The Kier molecular flexibility index (Phi) is 8.40. The summed E-state index contributed by atoms with van der Waals surface area (Å²) in [6.07, 6.45) is 5.90. The Morgan fingerprint density at radius 1 is 0.943 bits per heavy atom. The summed E-state index contributed by atoms with van der Waals surface area (Å²) in [5.41, 5.74) is 4.59. The van der Waals surface area contributed by atoms with Crippen molar-refractivity contribution in [2.75, 3.05) is 13.2 Å². The third kappa shape index (κ3) is 6.41. The number of fused-ring (bicyclic) bond motifs is 3. The predicted molar refractivity (Wildman–Crippen MR) is 133 cm³/mol. The maximum atomic E-state index is 12.9. The lowest BCUT2D eigenvalue weighted by Crippen LogP contribution is -2.48. The van der Waals surface area contributed by atoms with Crippen molar-refractivity contribution in [3.05, 3.63) is 59.7 Å². The van der Waals surface area contributed by atoms with Gasteiger partial charge in [0.25, 0.3) is 0 Å². The number of hydrogen-bond acceptors (Lipinski definition) is 4. The molecule has 1 unspecified atom stereocenters. The quantitative estimate of drug-likeness (QED) is 0.424. The van der Waals surface area contributed by atoms with Gasteiger partial charge in [0, 0.05) is 18.9 Å². The second-order valence-electron chi connectivity index (χ2n) is 9.55. The van der Waals surface area contributed by atoms with Crippen molar-refractivity contribution in [2.24, 2.45) is 5.92 Å². The SMILES string of the molecule is O=C(O)CCCNC(=O)C(CC1CCCCC1)NC(=O)OCC1c2ccccc2-c2ccccc21. The molecule has 7 heteroatoms. The van der Waals surface area contributed by atoms with E-state index in [-0.39, 0.29) is 31.4 Å². The molecule has 35 heavy (non-hydrogen) atoms. The Labute approximate surface area is 206 Å². The van der Waals surface area contributed by atoms with E-state index in [9.17, 15) is 14.4 Å². The molecule has 2 aromatic rings. The number of carboxylic acids is 1. The molecule has 1 atom stereocenters. The van der Waals surface area contributed by atoms with Crippen molar-refractivity contribution in [3.63, 3.8) is 0 Å². The Hall–Kier alpha value is -3.35. The molecule has 0 radical (unpaired) electrons. The average Bonchev–Trinajstić information content (AvgIpc) is 3.19. The van der Waals surface area contributed by atoms with E-state index in [1.165, 1.54) is 6.42 Å². The lowest BCUT2D eigenvalue weighted by molar-refractivity contribution is -0.137. The number of benzene rings is 2. The van der Waals surface area contributed by atoms with Gasteiger partial charge in [-0.15, -0.1) is 0 Å². The lowest BCUT2D eigenvalue weighted by atomic mass is 9.84. The molecule has 186 valence electrons. The molecule has 0 bridgehead atoms. The highest BCUT2D eigenvalue weighted by atomic mass is 16.5. The fraction of sp³-hybridized carbons (Fsp3) is 0.464. The molecule has 0 heterocycles. The van der Waals surface area contributed by atoms with Crippen molar-refractivity contribution < 1.29 is 24.2 Å². The number of rotatable bonds is 10. The second-order valence-corrected chi connectivity index (χ2v) is 9.55. The van der Waals surface area contributed by atoms with Crippen LogP contribution in [0.1, 0.15) is 68.4 Å². The maximum Gasteiger partial charge on any atom is 0.407 e. The van der Waals surface area contributed by atoms with E-state index in [4.69, 9.17) is 9.84 Å². The number of carbonyl (C=O) groups is 3.